The minimum absolute atomic E-state index is 0.0783. The van der Waals surface area contributed by atoms with E-state index in [1.165, 1.54) is 12.1 Å². The lowest BCUT2D eigenvalue weighted by molar-refractivity contribution is 0.567. The number of aromatic amines is 1. The van der Waals surface area contributed by atoms with Gasteiger partial charge in [-0.25, -0.2) is 9.37 Å². The molecule has 0 aliphatic heterocycles. The van der Waals surface area contributed by atoms with E-state index in [1.807, 2.05) is 6.07 Å². The maximum Gasteiger partial charge on any atom is 0.140 e. The van der Waals surface area contributed by atoms with E-state index in [9.17, 15) is 4.39 Å². The third-order valence-electron chi connectivity index (χ3n) is 2.73. The molecule has 0 atom stereocenters. The quantitative estimate of drug-likeness (QED) is 0.739. The van der Waals surface area contributed by atoms with Crippen LogP contribution in [0.15, 0.2) is 28.7 Å². The molecule has 0 bridgehead atoms. The molecule has 2 rings (SSSR count). The van der Waals surface area contributed by atoms with Crippen LogP contribution in [0.1, 0.15) is 26.5 Å². The number of H-pyrrole nitrogens is 1. The molecule has 5 heteroatoms. The molecule has 0 spiro atoms. The maximum absolute atomic E-state index is 13.4. The molecule has 2 nitrogen and oxygen atoms in total. The Kier molecular flexibility index (Phi) is 3.87. The zero-order valence-electron chi connectivity index (χ0n) is 10.9. The summed E-state index contributed by atoms with van der Waals surface area (Å²) in [6.07, 6.45) is 0. The molecule has 0 saturated carbocycles. The Morgan fingerprint density at radius 2 is 1.95 bits per heavy atom. The highest BCUT2D eigenvalue weighted by molar-refractivity contribution is 9.10. The van der Waals surface area contributed by atoms with Gasteiger partial charge < -0.3 is 4.98 Å². The van der Waals surface area contributed by atoms with Crippen molar-refractivity contribution in [1.29, 1.82) is 0 Å². The average Bonchev–Trinajstić information content (AvgIpc) is 2.30. The van der Waals surface area contributed by atoms with Crippen molar-refractivity contribution in [2.45, 2.75) is 26.2 Å². The van der Waals surface area contributed by atoms with Gasteiger partial charge in [0.25, 0.3) is 0 Å². The second kappa shape index (κ2) is 5.13. The van der Waals surface area contributed by atoms with Crippen LogP contribution in [0.2, 0.25) is 0 Å². The largest absolute Gasteiger partial charge is 0.343 e. The minimum atomic E-state index is -0.305. The van der Waals surface area contributed by atoms with Crippen molar-refractivity contribution in [1.82, 2.24) is 9.97 Å². The molecule has 0 saturated heterocycles. The van der Waals surface area contributed by atoms with Gasteiger partial charge in [-0.1, -0.05) is 48.9 Å². The molecule has 19 heavy (non-hydrogen) atoms. The van der Waals surface area contributed by atoms with Gasteiger partial charge in [0.2, 0.25) is 0 Å². The van der Waals surface area contributed by atoms with Gasteiger partial charge in [-0.15, -0.1) is 0 Å². The molecule has 0 fully saturated rings. The van der Waals surface area contributed by atoms with Gasteiger partial charge >= 0.3 is 0 Å². The molecule has 0 aliphatic carbocycles. The Hall–Kier alpha value is -1.07. The van der Waals surface area contributed by atoms with Gasteiger partial charge in [0.15, 0.2) is 0 Å². The molecule has 0 aliphatic rings. The van der Waals surface area contributed by atoms with Crippen molar-refractivity contribution >= 4 is 28.1 Å². The van der Waals surface area contributed by atoms with E-state index in [0.29, 0.717) is 16.0 Å². The number of halogens is 2. The van der Waals surface area contributed by atoms with E-state index >= 15 is 0 Å². The first-order valence-electron chi connectivity index (χ1n) is 5.84. The Morgan fingerprint density at radius 3 is 2.58 bits per heavy atom. The Labute approximate surface area is 125 Å². The van der Waals surface area contributed by atoms with E-state index in [2.05, 4.69) is 46.7 Å². The number of rotatable bonds is 1. The third kappa shape index (κ3) is 3.28. The van der Waals surface area contributed by atoms with Gasteiger partial charge in [-0.3, -0.25) is 0 Å². The van der Waals surface area contributed by atoms with Crippen LogP contribution in [-0.2, 0) is 5.41 Å². The van der Waals surface area contributed by atoms with E-state index in [1.54, 1.807) is 6.07 Å². The molecule has 1 N–H and O–H groups in total. The molecular formula is C14H14BrFN2S. The highest BCUT2D eigenvalue weighted by Gasteiger charge is 2.17. The Bertz CT molecular complexity index is 674. The lowest BCUT2D eigenvalue weighted by Crippen LogP contribution is -2.14. The summed E-state index contributed by atoms with van der Waals surface area (Å²) in [6.45, 7) is 6.24. The zero-order chi connectivity index (χ0) is 14.2. The molecule has 0 radical (unpaired) electrons. The second-order valence-electron chi connectivity index (χ2n) is 5.36. The summed E-state index contributed by atoms with van der Waals surface area (Å²) < 4.78 is 14.7. The number of benzene rings is 1. The minimum Gasteiger partial charge on any atom is -0.343 e. The fourth-order valence-electron chi connectivity index (χ4n) is 1.67. The first-order valence-corrected chi connectivity index (χ1v) is 7.05. The second-order valence-corrected chi connectivity index (χ2v) is 6.63. The summed E-state index contributed by atoms with van der Waals surface area (Å²) in [5.74, 6) is 0.268. The summed E-state index contributed by atoms with van der Waals surface area (Å²) in [5, 5.41) is 0. The molecule has 0 unspecified atom stereocenters. The normalized spacial score (nSPS) is 11.6. The van der Waals surface area contributed by atoms with Gasteiger partial charge in [-0.05, 0) is 24.3 Å². The lowest BCUT2D eigenvalue weighted by Gasteiger charge is -2.19. The Morgan fingerprint density at radius 1 is 1.26 bits per heavy atom. The fourth-order valence-corrected chi connectivity index (χ4v) is 2.31. The monoisotopic (exact) mass is 340 g/mol. The SMILES string of the molecule is CC(C)(C)c1cc(=S)nc(-c2cc(F)ccc2Br)[nH]1. The number of nitrogens with one attached hydrogen (secondary N) is 1. The van der Waals surface area contributed by atoms with Crippen molar-refractivity contribution in [3.8, 4) is 11.4 Å². The standard InChI is InChI=1S/C14H14BrFN2S/c1-14(2,3)11-7-12(19)18-13(17-11)9-6-8(16)4-5-10(9)15/h4-7H,1-3H3,(H,17,18,19). The van der Waals surface area contributed by atoms with Crippen molar-refractivity contribution < 1.29 is 4.39 Å². The first-order chi connectivity index (χ1) is 8.77. The first kappa shape index (κ1) is 14.3. The highest BCUT2D eigenvalue weighted by Crippen LogP contribution is 2.28. The summed E-state index contributed by atoms with van der Waals surface area (Å²) in [5.41, 5.74) is 1.56. The highest BCUT2D eigenvalue weighted by atomic mass is 79.9. The van der Waals surface area contributed by atoms with Crippen molar-refractivity contribution in [2.24, 2.45) is 0 Å². The van der Waals surface area contributed by atoms with Crippen LogP contribution >= 0.6 is 28.1 Å². The van der Waals surface area contributed by atoms with Crippen LogP contribution in [0.3, 0.4) is 0 Å². The van der Waals surface area contributed by atoms with Crippen LogP contribution in [0.25, 0.3) is 11.4 Å². The lowest BCUT2D eigenvalue weighted by atomic mass is 9.92. The summed E-state index contributed by atoms with van der Waals surface area (Å²) >= 11 is 8.60. The van der Waals surface area contributed by atoms with Gasteiger partial charge in [0, 0.05) is 21.1 Å². The predicted octanol–water partition coefficient (Wildman–Crippen LogP) is 5.01. The molecular weight excluding hydrogens is 327 g/mol. The summed E-state index contributed by atoms with van der Waals surface area (Å²) in [7, 11) is 0. The van der Waals surface area contributed by atoms with Crippen molar-refractivity contribution in [3.05, 3.63) is 44.9 Å². The van der Waals surface area contributed by atoms with E-state index in [4.69, 9.17) is 12.2 Å². The number of nitrogens with zero attached hydrogens (tertiary/aromatic N) is 1. The van der Waals surface area contributed by atoms with Gasteiger partial charge in [0.1, 0.15) is 16.3 Å². The average molecular weight is 341 g/mol. The molecule has 100 valence electrons. The predicted molar refractivity (Wildman–Crippen MR) is 81.2 cm³/mol. The smallest absolute Gasteiger partial charge is 0.140 e. The molecule has 1 aromatic carbocycles. The number of aromatic nitrogens is 2. The zero-order valence-corrected chi connectivity index (χ0v) is 13.3. The maximum atomic E-state index is 13.4. The van der Waals surface area contributed by atoms with Crippen molar-refractivity contribution in [2.75, 3.05) is 0 Å². The topological polar surface area (TPSA) is 28.7 Å². The van der Waals surface area contributed by atoms with Crippen LogP contribution < -0.4 is 0 Å². The molecule has 1 heterocycles. The van der Waals surface area contributed by atoms with Crippen molar-refractivity contribution in [3.63, 3.8) is 0 Å². The van der Waals surface area contributed by atoms with E-state index in [0.717, 1.165) is 10.2 Å². The van der Waals surface area contributed by atoms with Gasteiger partial charge in [-0.2, -0.15) is 0 Å². The van der Waals surface area contributed by atoms with Gasteiger partial charge in [0.05, 0.1) is 0 Å². The van der Waals surface area contributed by atoms with E-state index in [-0.39, 0.29) is 11.2 Å². The number of hydrogen-bond acceptors (Lipinski definition) is 2. The Balaban J connectivity index is 2.66. The fraction of sp³-hybridized carbons (Fsp3) is 0.286. The van der Waals surface area contributed by atoms with E-state index < -0.39 is 0 Å². The molecule has 0 amide bonds. The van der Waals surface area contributed by atoms with Crippen LogP contribution in [0.4, 0.5) is 4.39 Å². The molecule has 1 aromatic heterocycles. The summed E-state index contributed by atoms with van der Waals surface area (Å²) in [4.78, 5) is 7.52. The number of hydrogen-bond donors (Lipinski definition) is 1. The van der Waals surface area contributed by atoms with Crippen LogP contribution in [0.5, 0.6) is 0 Å². The van der Waals surface area contributed by atoms with Crippen LogP contribution in [0, 0.1) is 10.5 Å². The third-order valence-corrected chi connectivity index (χ3v) is 3.64. The molecule has 2 aromatic rings. The summed E-state index contributed by atoms with van der Waals surface area (Å²) in [6, 6.07) is 6.33. The van der Waals surface area contributed by atoms with Crippen LogP contribution in [-0.4, -0.2) is 9.97 Å².